The number of methoxy groups -OCH3 is 1. The van der Waals surface area contributed by atoms with Crippen LogP contribution in [0.25, 0.3) is 10.9 Å². The van der Waals surface area contributed by atoms with Crippen molar-refractivity contribution in [3.63, 3.8) is 0 Å². The Morgan fingerprint density at radius 2 is 2.20 bits per heavy atom. The van der Waals surface area contributed by atoms with Crippen molar-refractivity contribution in [2.75, 3.05) is 7.11 Å². The van der Waals surface area contributed by atoms with Crippen LogP contribution in [-0.4, -0.2) is 18.1 Å². The number of hydrogen-bond acceptors (Lipinski definition) is 2. The van der Waals surface area contributed by atoms with Gasteiger partial charge in [0.1, 0.15) is 5.82 Å². The van der Waals surface area contributed by atoms with Crippen molar-refractivity contribution in [1.82, 2.24) is 4.98 Å². The van der Waals surface area contributed by atoms with Crippen LogP contribution in [0.5, 0.6) is 0 Å². The lowest BCUT2D eigenvalue weighted by Crippen LogP contribution is -1.99. The minimum atomic E-state index is -0.424. The fourth-order valence-corrected chi connectivity index (χ4v) is 1.60. The SMILES string of the molecule is COC(=O)c1c[nH]c2c(C)c(F)ccc12. The summed E-state index contributed by atoms with van der Waals surface area (Å²) < 4.78 is 17.8. The number of esters is 1. The van der Waals surface area contributed by atoms with Crippen LogP contribution in [0.4, 0.5) is 4.39 Å². The summed E-state index contributed by atoms with van der Waals surface area (Å²) in [5.74, 6) is -0.715. The number of halogens is 1. The number of carbonyl (C=O) groups excluding carboxylic acids is 1. The van der Waals surface area contributed by atoms with E-state index in [1.807, 2.05) is 0 Å². The van der Waals surface area contributed by atoms with E-state index in [2.05, 4.69) is 9.72 Å². The molecule has 15 heavy (non-hydrogen) atoms. The summed E-state index contributed by atoms with van der Waals surface area (Å²) in [5, 5.41) is 0.681. The molecule has 4 heteroatoms. The van der Waals surface area contributed by atoms with Gasteiger partial charge in [0.2, 0.25) is 0 Å². The summed E-state index contributed by atoms with van der Waals surface area (Å²) in [7, 11) is 1.32. The van der Waals surface area contributed by atoms with Gasteiger partial charge in [0.15, 0.2) is 0 Å². The number of benzene rings is 1. The van der Waals surface area contributed by atoms with Crippen LogP contribution in [0.2, 0.25) is 0 Å². The highest BCUT2D eigenvalue weighted by atomic mass is 19.1. The Balaban J connectivity index is 2.72. The van der Waals surface area contributed by atoms with Gasteiger partial charge in [0.05, 0.1) is 18.2 Å². The quantitative estimate of drug-likeness (QED) is 0.729. The van der Waals surface area contributed by atoms with Gasteiger partial charge in [-0.05, 0) is 19.1 Å². The Bertz CT molecular complexity index is 531. The number of aromatic nitrogens is 1. The Morgan fingerprint density at radius 3 is 2.87 bits per heavy atom. The summed E-state index contributed by atoms with van der Waals surface area (Å²) >= 11 is 0. The number of carbonyl (C=O) groups is 1. The van der Waals surface area contributed by atoms with E-state index in [9.17, 15) is 9.18 Å². The molecule has 1 N–H and O–H groups in total. The third-order valence-electron chi connectivity index (χ3n) is 2.46. The Hall–Kier alpha value is -1.84. The number of fused-ring (bicyclic) bond motifs is 1. The molecule has 0 bridgehead atoms. The van der Waals surface area contributed by atoms with Crippen LogP contribution in [0.1, 0.15) is 15.9 Å². The highest BCUT2D eigenvalue weighted by Crippen LogP contribution is 2.23. The average molecular weight is 207 g/mol. The molecule has 0 spiro atoms. The summed E-state index contributed by atoms with van der Waals surface area (Å²) in [6.45, 7) is 1.66. The van der Waals surface area contributed by atoms with E-state index in [1.165, 1.54) is 19.4 Å². The largest absolute Gasteiger partial charge is 0.465 e. The number of aromatic amines is 1. The van der Waals surface area contributed by atoms with E-state index in [1.54, 1.807) is 13.0 Å². The molecule has 78 valence electrons. The first-order valence-corrected chi connectivity index (χ1v) is 4.49. The smallest absolute Gasteiger partial charge is 0.340 e. The molecular weight excluding hydrogens is 197 g/mol. The Labute approximate surface area is 85.9 Å². The zero-order chi connectivity index (χ0) is 11.0. The molecule has 0 atom stereocenters. The third kappa shape index (κ3) is 1.38. The number of ether oxygens (including phenoxy) is 1. The van der Waals surface area contributed by atoms with E-state index < -0.39 is 5.97 Å². The van der Waals surface area contributed by atoms with Gasteiger partial charge >= 0.3 is 5.97 Å². The van der Waals surface area contributed by atoms with Gasteiger partial charge in [-0.15, -0.1) is 0 Å². The minimum Gasteiger partial charge on any atom is -0.465 e. The van der Waals surface area contributed by atoms with Gasteiger partial charge in [0, 0.05) is 17.1 Å². The maximum Gasteiger partial charge on any atom is 0.340 e. The second kappa shape index (κ2) is 3.38. The molecule has 1 aromatic carbocycles. The number of rotatable bonds is 1. The number of nitrogens with one attached hydrogen (secondary N) is 1. The van der Waals surface area contributed by atoms with Gasteiger partial charge in [-0.2, -0.15) is 0 Å². The van der Waals surface area contributed by atoms with Crippen molar-refractivity contribution in [1.29, 1.82) is 0 Å². The summed E-state index contributed by atoms with van der Waals surface area (Å²) in [6.07, 6.45) is 1.53. The maximum absolute atomic E-state index is 13.2. The molecule has 0 saturated heterocycles. The highest BCUT2D eigenvalue weighted by Gasteiger charge is 2.14. The fraction of sp³-hybridized carbons (Fsp3) is 0.182. The van der Waals surface area contributed by atoms with Crippen LogP contribution in [0.3, 0.4) is 0 Å². The lowest BCUT2D eigenvalue weighted by atomic mass is 10.1. The lowest BCUT2D eigenvalue weighted by molar-refractivity contribution is 0.0603. The molecule has 0 unspecified atom stereocenters. The Morgan fingerprint density at radius 1 is 1.47 bits per heavy atom. The van der Waals surface area contributed by atoms with E-state index >= 15 is 0 Å². The van der Waals surface area contributed by atoms with Crippen molar-refractivity contribution in [3.8, 4) is 0 Å². The summed E-state index contributed by atoms with van der Waals surface area (Å²) in [6, 6.07) is 2.92. The van der Waals surface area contributed by atoms with Crippen LogP contribution >= 0.6 is 0 Å². The first-order chi connectivity index (χ1) is 7.15. The monoisotopic (exact) mass is 207 g/mol. The first-order valence-electron chi connectivity index (χ1n) is 4.49. The zero-order valence-electron chi connectivity index (χ0n) is 8.43. The van der Waals surface area contributed by atoms with Crippen LogP contribution in [0, 0.1) is 12.7 Å². The predicted molar refractivity (Wildman–Crippen MR) is 54.3 cm³/mol. The zero-order valence-corrected chi connectivity index (χ0v) is 8.43. The van der Waals surface area contributed by atoms with Gasteiger partial charge in [0.25, 0.3) is 0 Å². The second-order valence-corrected chi connectivity index (χ2v) is 3.29. The maximum atomic E-state index is 13.2. The van der Waals surface area contributed by atoms with Crippen LogP contribution in [0.15, 0.2) is 18.3 Å². The second-order valence-electron chi connectivity index (χ2n) is 3.29. The molecule has 0 radical (unpaired) electrons. The molecule has 2 aromatic rings. The summed E-state index contributed by atoms with van der Waals surface area (Å²) in [5.41, 5.74) is 1.56. The standard InChI is InChI=1S/C11H10FNO2/c1-6-9(12)4-3-7-8(11(14)15-2)5-13-10(6)7/h3-5,13H,1-2H3. The van der Waals surface area contributed by atoms with Crippen LogP contribution < -0.4 is 0 Å². The van der Waals surface area contributed by atoms with Crippen molar-refractivity contribution < 1.29 is 13.9 Å². The van der Waals surface area contributed by atoms with Gasteiger partial charge in [-0.25, -0.2) is 9.18 Å². The van der Waals surface area contributed by atoms with E-state index in [0.29, 0.717) is 22.0 Å². The van der Waals surface area contributed by atoms with Gasteiger partial charge in [-0.1, -0.05) is 0 Å². The van der Waals surface area contributed by atoms with Crippen LogP contribution in [-0.2, 0) is 4.74 Å². The molecule has 0 aliphatic rings. The molecule has 0 aliphatic carbocycles. The summed E-state index contributed by atoms with van der Waals surface area (Å²) in [4.78, 5) is 14.2. The van der Waals surface area contributed by atoms with E-state index in [4.69, 9.17) is 0 Å². The number of H-pyrrole nitrogens is 1. The molecule has 0 amide bonds. The first kappa shape index (κ1) is 9.71. The average Bonchev–Trinajstić information content (AvgIpc) is 2.66. The highest BCUT2D eigenvalue weighted by molar-refractivity contribution is 6.04. The normalized spacial score (nSPS) is 10.6. The molecule has 0 aliphatic heterocycles. The van der Waals surface area contributed by atoms with Crippen molar-refractivity contribution in [2.24, 2.45) is 0 Å². The van der Waals surface area contributed by atoms with Gasteiger partial charge in [-0.3, -0.25) is 0 Å². The minimum absolute atomic E-state index is 0.291. The lowest BCUT2D eigenvalue weighted by Gasteiger charge is -1.99. The molecule has 1 aromatic heterocycles. The molecule has 1 heterocycles. The molecule has 3 nitrogen and oxygen atoms in total. The molecule has 0 saturated carbocycles. The van der Waals surface area contributed by atoms with E-state index in [0.717, 1.165) is 0 Å². The van der Waals surface area contributed by atoms with Crippen molar-refractivity contribution in [2.45, 2.75) is 6.92 Å². The topological polar surface area (TPSA) is 42.1 Å². The van der Waals surface area contributed by atoms with Crippen molar-refractivity contribution in [3.05, 3.63) is 35.3 Å². The fourth-order valence-electron chi connectivity index (χ4n) is 1.60. The molecule has 2 rings (SSSR count). The van der Waals surface area contributed by atoms with E-state index in [-0.39, 0.29) is 5.82 Å². The number of hydrogen-bond donors (Lipinski definition) is 1. The molecular formula is C11H10FNO2. The van der Waals surface area contributed by atoms with Crippen molar-refractivity contribution >= 4 is 16.9 Å². The van der Waals surface area contributed by atoms with Gasteiger partial charge < -0.3 is 9.72 Å². The molecule has 0 fully saturated rings. The number of aryl methyl sites for hydroxylation is 1. The third-order valence-corrected chi connectivity index (χ3v) is 2.46. The Kier molecular flexibility index (Phi) is 2.19. The predicted octanol–water partition coefficient (Wildman–Crippen LogP) is 2.40.